The van der Waals surface area contributed by atoms with Crippen molar-refractivity contribution in [1.82, 2.24) is 15.0 Å². The highest BCUT2D eigenvalue weighted by Gasteiger charge is 2.37. The Morgan fingerprint density at radius 2 is 1.65 bits per heavy atom. The van der Waals surface area contributed by atoms with Gasteiger partial charge in [0.05, 0.1) is 29.7 Å². The lowest BCUT2D eigenvalue weighted by molar-refractivity contribution is 0.179. The molecule has 7 heteroatoms. The van der Waals surface area contributed by atoms with E-state index < -0.39 is 0 Å². The second-order valence-corrected chi connectivity index (χ2v) is 12.2. The normalized spacial score (nSPS) is 18.0. The number of H-pyrrole nitrogens is 1. The van der Waals surface area contributed by atoms with Crippen molar-refractivity contribution >= 4 is 28.8 Å². The summed E-state index contributed by atoms with van der Waals surface area (Å²) in [7, 11) is 0. The third-order valence-electron chi connectivity index (χ3n) is 9.36. The molecule has 2 N–H and O–H groups in total. The summed E-state index contributed by atoms with van der Waals surface area (Å²) >= 11 is 0. The van der Waals surface area contributed by atoms with Crippen molar-refractivity contribution in [2.24, 2.45) is 11.0 Å². The molecule has 7 rings (SSSR count). The van der Waals surface area contributed by atoms with Crippen LogP contribution in [0.4, 0.5) is 21.9 Å². The number of amides is 2. The van der Waals surface area contributed by atoms with Crippen molar-refractivity contribution in [3.63, 3.8) is 0 Å². The quantitative estimate of drug-likeness (QED) is 0.229. The number of fused-ring (bicyclic) bond motifs is 2. The molecule has 3 aliphatic rings. The number of hydrazone groups is 1. The van der Waals surface area contributed by atoms with Crippen LogP contribution in [-0.4, -0.2) is 32.8 Å². The fourth-order valence-corrected chi connectivity index (χ4v) is 7.01. The summed E-state index contributed by atoms with van der Waals surface area (Å²) in [5.74, 6) is 1.24. The lowest BCUT2D eigenvalue weighted by atomic mass is 9.82. The van der Waals surface area contributed by atoms with Crippen LogP contribution < -0.4 is 10.2 Å². The summed E-state index contributed by atoms with van der Waals surface area (Å²) in [4.78, 5) is 24.2. The van der Waals surface area contributed by atoms with Gasteiger partial charge in [-0.25, -0.2) is 14.8 Å². The first-order valence-electron chi connectivity index (χ1n) is 15.9. The Bertz CT molecular complexity index is 1580. The maximum absolute atomic E-state index is 14.8. The van der Waals surface area contributed by atoms with Gasteiger partial charge in [-0.1, -0.05) is 55.7 Å². The average Bonchev–Trinajstić information content (AvgIpc) is 3.43. The summed E-state index contributed by atoms with van der Waals surface area (Å²) in [6.07, 6.45) is 13.3. The highest BCUT2D eigenvalue weighted by Crippen LogP contribution is 2.39. The number of aryl methyl sites for hydroxylation is 3. The highest BCUT2D eigenvalue weighted by atomic mass is 16.2. The minimum absolute atomic E-state index is 0.0330. The molecule has 3 aromatic carbocycles. The number of hydrogen-bond acceptors (Lipinski definition) is 4. The van der Waals surface area contributed by atoms with E-state index in [1.807, 2.05) is 40.4 Å². The molecule has 0 radical (unpaired) electrons. The van der Waals surface area contributed by atoms with Crippen molar-refractivity contribution < 1.29 is 4.79 Å². The molecule has 0 unspecified atom stereocenters. The molecule has 1 aromatic heterocycles. The van der Waals surface area contributed by atoms with Crippen molar-refractivity contribution in [2.45, 2.75) is 77.3 Å². The predicted octanol–water partition coefficient (Wildman–Crippen LogP) is 8.14. The van der Waals surface area contributed by atoms with Crippen LogP contribution in [0.3, 0.4) is 0 Å². The van der Waals surface area contributed by atoms with E-state index >= 15 is 0 Å². The molecule has 0 atom stereocenters. The number of carbonyl (C=O) groups excluding carboxylic acids is 1. The standard InChI is InChI=1S/C36H40N6O/c1-25-11-20-32-33(23-25)41(30-18-14-29(15-19-30)39-24-34-37-21-22-38-34)36(43)42(40-35(32)28-9-3-2-4-10-28)31-16-12-26-7-5-6-8-27(26)13-17-31/h5-8,11,14-15,18-23,28,31,39H,2-4,9-10,12-13,16-17,24H2,1H3,(H,37,38). The van der Waals surface area contributed by atoms with E-state index in [9.17, 15) is 4.79 Å². The van der Waals surface area contributed by atoms with Gasteiger partial charge < -0.3 is 10.3 Å². The van der Waals surface area contributed by atoms with Crippen LogP contribution in [0.15, 0.2) is 84.2 Å². The van der Waals surface area contributed by atoms with Gasteiger partial charge in [0, 0.05) is 29.6 Å². The lowest BCUT2D eigenvalue weighted by Gasteiger charge is -2.31. The molecular weight excluding hydrogens is 532 g/mol. The fraction of sp³-hybridized carbons (Fsp3) is 0.361. The maximum Gasteiger partial charge on any atom is 0.349 e. The van der Waals surface area contributed by atoms with Crippen LogP contribution >= 0.6 is 0 Å². The van der Waals surface area contributed by atoms with Gasteiger partial charge in [-0.15, -0.1) is 0 Å². The molecule has 2 aliphatic carbocycles. The van der Waals surface area contributed by atoms with Gasteiger partial charge >= 0.3 is 6.03 Å². The Kier molecular flexibility index (Phi) is 7.71. The number of rotatable bonds is 6. The second-order valence-electron chi connectivity index (χ2n) is 12.2. The summed E-state index contributed by atoms with van der Waals surface area (Å²) in [5.41, 5.74) is 8.87. The molecule has 220 valence electrons. The van der Waals surface area contributed by atoms with Gasteiger partial charge in [-0.05, 0) is 92.5 Å². The number of benzene rings is 3. The van der Waals surface area contributed by atoms with Gasteiger partial charge in [-0.2, -0.15) is 5.10 Å². The van der Waals surface area contributed by atoms with Crippen LogP contribution in [0.2, 0.25) is 0 Å². The molecule has 2 amide bonds. The molecular formula is C36H40N6O. The van der Waals surface area contributed by atoms with E-state index in [4.69, 9.17) is 5.10 Å². The summed E-state index contributed by atoms with van der Waals surface area (Å²) in [6, 6.07) is 23.4. The maximum atomic E-state index is 14.8. The van der Waals surface area contributed by atoms with Crippen LogP contribution in [0.5, 0.6) is 0 Å². The smallest absolute Gasteiger partial charge is 0.349 e. The highest BCUT2D eigenvalue weighted by molar-refractivity contribution is 6.14. The van der Waals surface area contributed by atoms with Crippen molar-refractivity contribution in [1.29, 1.82) is 0 Å². The summed E-state index contributed by atoms with van der Waals surface area (Å²) in [5, 5.41) is 10.7. The van der Waals surface area contributed by atoms with Gasteiger partial charge in [0.25, 0.3) is 0 Å². The first-order chi connectivity index (χ1) is 21.1. The number of hydrogen-bond donors (Lipinski definition) is 2. The van der Waals surface area contributed by atoms with E-state index in [1.54, 1.807) is 6.20 Å². The Hall–Kier alpha value is -4.39. The zero-order valence-electron chi connectivity index (χ0n) is 24.9. The molecule has 1 saturated carbocycles. The van der Waals surface area contributed by atoms with Gasteiger partial charge in [0.2, 0.25) is 0 Å². The Balaban J connectivity index is 1.27. The topological polar surface area (TPSA) is 76.6 Å². The number of nitrogens with zero attached hydrogens (tertiary/aromatic N) is 4. The first-order valence-corrected chi connectivity index (χ1v) is 15.9. The molecule has 4 aromatic rings. The van der Waals surface area contributed by atoms with Crippen LogP contribution in [0, 0.1) is 12.8 Å². The van der Waals surface area contributed by atoms with E-state index in [0.717, 1.165) is 78.3 Å². The molecule has 0 saturated heterocycles. The zero-order valence-corrected chi connectivity index (χ0v) is 24.9. The van der Waals surface area contributed by atoms with Crippen LogP contribution in [0.1, 0.15) is 73.0 Å². The van der Waals surface area contributed by atoms with E-state index in [1.165, 1.54) is 30.4 Å². The van der Waals surface area contributed by atoms with E-state index in [2.05, 4.69) is 64.7 Å². The number of carbonyl (C=O) groups is 1. The fourth-order valence-electron chi connectivity index (χ4n) is 7.01. The molecule has 7 nitrogen and oxygen atoms in total. The monoisotopic (exact) mass is 572 g/mol. The van der Waals surface area contributed by atoms with E-state index in [0.29, 0.717) is 12.5 Å². The molecule has 0 spiro atoms. The van der Waals surface area contributed by atoms with Crippen molar-refractivity contribution in [3.05, 3.63) is 107 Å². The number of aromatic nitrogens is 2. The van der Waals surface area contributed by atoms with Gasteiger partial charge in [0.15, 0.2) is 0 Å². The molecule has 2 heterocycles. The Labute approximate surface area is 254 Å². The number of imidazole rings is 1. The minimum atomic E-state index is -0.0649. The molecule has 43 heavy (non-hydrogen) atoms. The van der Waals surface area contributed by atoms with Crippen LogP contribution in [0.25, 0.3) is 0 Å². The van der Waals surface area contributed by atoms with Crippen molar-refractivity contribution in [2.75, 3.05) is 10.2 Å². The van der Waals surface area contributed by atoms with Gasteiger partial charge in [-0.3, -0.25) is 4.90 Å². The largest absolute Gasteiger partial charge is 0.378 e. The number of urea groups is 1. The Morgan fingerprint density at radius 1 is 0.907 bits per heavy atom. The molecule has 1 fully saturated rings. The van der Waals surface area contributed by atoms with Crippen molar-refractivity contribution in [3.8, 4) is 0 Å². The third-order valence-corrected chi connectivity index (χ3v) is 9.36. The summed E-state index contributed by atoms with van der Waals surface area (Å²) < 4.78 is 0. The van der Waals surface area contributed by atoms with E-state index in [-0.39, 0.29) is 12.1 Å². The minimum Gasteiger partial charge on any atom is -0.378 e. The Morgan fingerprint density at radius 3 is 2.35 bits per heavy atom. The van der Waals surface area contributed by atoms with Gasteiger partial charge in [0.1, 0.15) is 5.82 Å². The summed E-state index contributed by atoms with van der Waals surface area (Å²) in [6.45, 7) is 2.71. The number of nitrogens with one attached hydrogen (secondary N) is 2. The SMILES string of the molecule is Cc1ccc2c(c1)N(c1ccc(NCc3ncc[nH]3)cc1)C(=O)N(C1CCc3ccccc3CC1)N=C2C1CCCCC1. The van der Waals surface area contributed by atoms with Crippen LogP contribution in [-0.2, 0) is 19.4 Å². The predicted molar refractivity (Wildman–Crippen MR) is 173 cm³/mol. The third kappa shape index (κ3) is 5.68. The first kappa shape index (κ1) is 27.4. The number of anilines is 3. The number of aromatic amines is 1. The lowest BCUT2D eigenvalue weighted by Crippen LogP contribution is -2.43. The molecule has 0 bridgehead atoms. The average molecular weight is 573 g/mol. The zero-order chi connectivity index (χ0) is 29.2. The second kappa shape index (κ2) is 12.1. The molecule has 1 aliphatic heterocycles.